The van der Waals surface area contributed by atoms with Gasteiger partial charge in [0.15, 0.2) is 0 Å². The summed E-state index contributed by atoms with van der Waals surface area (Å²) in [6.45, 7) is 5.24. The minimum Gasteiger partial charge on any atom is -0.491 e. The molecule has 0 spiro atoms. The molecule has 2 rings (SSSR count). The van der Waals surface area contributed by atoms with Crippen molar-refractivity contribution in [3.8, 4) is 11.5 Å². The Morgan fingerprint density at radius 1 is 0.909 bits per heavy atom. The summed E-state index contributed by atoms with van der Waals surface area (Å²) >= 11 is 0. The lowest BCUT2D eigenvalue weighted by Crippen LogP contribution is -2.26. The number of hydrogen-bond acceptors (Lipinski definition) is 4. The zero-order valence-electron chi connectivity index (χ0n) is 13.3. The summed E-state index contributed by atoms with van der Waals surface area (Å²) in [7, 11) is 0. The molecule has 0 saturated heterocycles. The van der Waals surface area contributed by atoms with E-state index in [4.69, 9.17) is 14.6 Å². The maximum atomic E-state index is 9.25. The molecular formula is C18H24O4. The molecule has 0 amide bonds. The fourth-order valence-corrected chi connectivity index (χ4v) is 1.51. The van der Waals surface area contributed by atoms with Gasteiger partial charge in [-0.05, 0) is 31.2 Å². The second kappa shape index (κ2) is 9.07. The van der Waals surface area contributed by atoms with E-state index < -0.39 is 11.9 Å². The van der Waals surface area contributed by atoms with Crippen molar-refractivity contribution in [1.29, 1.82) is 0 Å². The number of benzene rings is 2. The van der Waals surface area contributed by atoms with Crippen LogP contribution in [0.15, 0.2) is 60.7 Å². The van der Waals surface area contributed by atoms with Crippen LogP contribution >= 0.6 is 0 Å². The van der Waals surface area contributed by atoms with Crippen LogP contribution < -0.4 is 9.47 Å². The van der Waals surface area contributed by atoms with Gasteiger partial charge >= 0.3 is 0 Å². The van der Waals surface area contributed by atoms with Crippen molar-refractivity contribution >= 4 is 0 Å². The summed E-state index contributed by atoms with van der Waals surface area (Å²) in [6.07, 6.45) is -0.407. The first kappa shape index (κ1) is 18.0. The molecule has 4 nitrogen and oxygen atoms in total. The molecule has 120 valence electrons. The molecular weight excluding hydrogens is 280 g/mol. The molecule has 0 saturated carbocycles. The Hall–Kier alpha value is -2.04. The summed E-state index contributed by atoms with van der Waals surface area (Å²) < 4.78 is 10.4. The SMILES string of the molecule is CC(C)(O)Oc1ccccc1.CC(O)COc1ccccc1. The number of para-hydroxylation sites is 2. The van der Waals surface area contributed by atoms with Crippen molar-refractivity contribution in [1.82, 2.24) is 0 Å². The molecule has 0 heterocycles. The van der Waals surface area contributed by atoms with Gasteiger partial charge in [-0.1, -0.05) is 36.4 Å². The molecule has 1 atom stereocenters. The van der Waals surface area contributed by atoms with Crippen LogP contribution in [-0.4, -0.2) is 28.7 Å². The average Bonchev–Trinajstić information content (AvgIpc) is 2.46. The molecule has 0 radical (unpaired) electrons. The van der Waals surface area contributed by atoms with Gasteiger partial charge in [0, 0.05) is 13.8 Å². The van der Waals surface area contributed by atoms with Crippen molar-refractivity contribution in [2.24, 2.45) is 0 Å². The summed E-state index contributed by atoms with van der Waals surface area (Å²) in [5.74, 6) is 0.384. The number of ether oxygens (including phenoxy) is 2. The number of aliphatic hydroxyl groups excluding tert-OH is 1. The van der Waals surface area contributed by atoms with E-state index in [2.05, 4.69) is 0 Å². The standard InChI is InChI=1S/2C9H12O2/c1-9(2,10)11-8-6-4-3-5-7-8;1-8(10)7-11-9-5-3-2-4-6-9/h3-7,10H,1-2H3;2-6,8,10H,7H2,1H3. The number of hydrogen-bond donors (Lipinski definition) is 2. The molecule has 2 aromatic carbocycles. The van der Waals surface area contributed by atoms with Crippen molar-refractivity contribution in [2.75, 3.05) is 6.61 Å². The Kier molecular flexibility index (Phi) is 7.43. The van der Waals surface area contributed by atoms with Crippen LogP contribution in [0.3, 0.4) is 0 Å². The van der Waals surface area contributed by atoms with Crippen molar-refractivity contribution in [3.05, 3.63) is 60.7 Å². The Morgan fingerprint density at radius 3 is 1.77 bits per heavy atom. The van der Waals surface area contributed by atoms with Gasteiger partial charge in [-0.2, -0.15) is 0 Å². The van der Waals surface area contributed by atoms with Crippen LogP contribution in [0.4, 0.5) is 0 Å². The molecule has 22 heavy (non-hydrogen) atoms. The maximum Gasteiger partial charge on any atom is 0.202 e. The molecule has 1 unspecified atom stereocenters. The molecule has 0 aliphatic rings. The largest absolute Gasteiger partial charge is 0.491 e. The van der Waals surface area contributed by atoms with E-state index in [0.717, 1.165) is 5.75 Å². The third-order valence-corrected chi connectivity index (χ3v) is 2.35. The normalized spacial score (nSPS) is 11.9. The summed E-state index contributed by atoms with van der Waals surface area (Å²) in [4.78, 5) is 0. The van der Waals surface area contributed by atoms with Crippen LogP contribution in [-0.2, 0) is 0 Å². The summed E-state index contributed by atoms with van der Waals surface area (Å²) in [6, 6.07) is 18.7. The zero-order valence-corrected chi connectivity index (χ0v) is 13.3. The smallest absolute Gasteiger partial charge is 0.202 e. The molecule has 4 heteroatoms. The number of rotatable bonds is 5. The van der Waals surface area contributed by atoms with E-state index in [-0.39, 0.29) is 0 Å². The molecule has 2 N–H and O–H groups in total. The van der Waals surface area contributed by atoms with Crippen molar-refractivity contribution in [2.45, 2.75) is 32.7 Å². The van der Waals surface area contributed by atoms with E-state index in [0.29, 0.717) is 12.4 Å². The lowest BCUT2D eigenvalue weighted by molar-refractivity contribution is -0.104. The fourth-order valence-electron chi connectivity index (χ4n) is 1.51. The van der Waals surface area contributed by atoms with E-state index >= 15 is 0 Å². The molecule has 0 aromatic heterocycles. The van der Waals surface area contributed by atoms with Crippen LogP contribution in [0.1, 0.15) is 20.8 Å². The van der Waals surface area contributed by atoms with Crippen molar-refractivity contribution < 1.29 is 19.7 Å². The lowest BCUT2D eigenvalue weighted by atomic mass is 10.3. The Morgan fingerprint density at radius 2 is 1.36 bits per heavy atom. The third kappa shape index (κ3) is 9.00. The van der Waals surface area contributed by atoms with Crippen molar-refractivity contribution in [3.63, 3.8) is 0 Å². The zero-order chi connectivity index (χ0) is 16.4. The van der Waals surface area contributed by atoms with Gasteiger partial charge in [0.2, 0.25) is 5.79 Å². The second-order valence-electron chi connectivity index (χ2n) is 5.33. The highest BCUT2D eigenvalue weighted by molar-refractivity contribution is 5.21. The van der Waals surface area contributed by atoms with Gasteiger partial charge in [-0.3, -0.25) is 0 Å². The second-order valence-corrected chi connectivity index (χ2v) is 5.33. The topological polar surface area (TPSA) is 58.9 Å². The summed E-state index contributed by atoms with van der Waals surface area (Å²) in [5, 5.41) is 18.1. The molecule has 0 bridgehead atoms. The predicted octanol–water partition coefficient (Wildman–Crippen LogP) is 3.24. The lowest BCUT2D eigenvalue weighted by Gasteiger charge is -2.19. The first-order valence-corrected chi connectivity index (χ1v) is 7.19. The van der Waals surface area contributed by atoms with Gasteiger partial charge in [-0.15, -0.1) is 0 Å². The first-order valence-electron chi connectivity index (χ1n) is 7.19. The van der Waals surface area contributed by atoms with Crippen LogP contribution in [0.5, 0.6) is 11.5 Å². The maximum absolute atomic E-state index is 9.25. The highest BCUT2D eigenvalue weighted by Crippen LogP contribution is 2.14. The number of aliphatic hydroxyl groups is 2. The Bertz CT molecular complexity index is 504. The van der Waals surface area contributed by atoms with Crippen LogP contribution in [0.25, 0.3) is 0 Å². The highest BCUT2D eigenvalue weighted by Gasteiger charge is 2.12. The monoisotopic (exact) mass is 304 g/mol. The fraction of sp³-hybridized carbons (Fsp3) is 0.333. The predicted molar refractivity (Wildman–Crippen MR) is 87.0 cm³/mol. The molecule has 0 fully saturated rings. The molecule has 2 aromatic rings. The van der Waals surface area contributed by atoms with Gasteiger partial charge in [0.05, 0.1) is 6.10 Å². The summed E-state index contributed by atoms with van der Waals surface area (Å²) in [5.41, 5.74) is 0. The van der Waals surface area contributed by atoms with E-state index in [1.165, 1.54) is 0 Å². The minimum absolute atomic E-state index is 0.351. The Balaban J connectivity index is 0.000000220. The van der Waals surface area contributed by atoms with Gasteiger partial charge in [0.1, 0.15) is 18.1 Å². The minimum atomic E-state index is -1.10. The average molecular weight is 304 g/mol. The van der Waals surface area contributed by atoms with E-state index in [1.54, 1.807) is 32.9 Å². The van der Waals surface area contributed by atoms with Crippen LogP contribution in [0.2, 0.25) is 0 Å². The highest BCUT2D eigenvalue weighted by atomic mass is 16.6. The van der Waals surface area contributed by atoms with Gasteiger partial charge in [-0.25, -0.2) is 0 Å². The van der Waals surface area contributed by atoms with Gasteiger partial charge in [0.25, 0.3) is 0 Å². The van der Waals surface area contributed by atoms with Crippen LogP contribution in [0, 0.1) is 0 Å². The third-order valence-electron chi connectivity index (χ3n) is 2.35. The van der Waals surface area contributed by atoms with Gasteiger partial charge < -0.3 is 19.7 Å². The molecule has 0 aliphatic heterocycles. The Labute approximate surface area is 131 Å². The van der Waals surface area contributed by atoms with E-state index in [1.807, 2.05) is 48.5 Å². The van der Waals surface area contributed by atoms with E-state index in [9.17, 15) is 5.11 Å². The first-order chi connectivity index (χ1) is 10.4. The quantitative estimate of drug-likeness (QED) is 0.833. The molecule has 0 aliphatic carbocycles.